The summed E-state index contributed by atoms with van der Waals surface area (Å²) in [6.45, 7) is 0. The van der Waals surface area contributed by atoms with Gasteiger partial charge in [-0.05, 0) is 36.5 Å². The summed E-state index contributed by atoms with van der Waals surface area (Å²) in [7, 11) is 0. The van der Waals surface area contributed by atoms with Gasteiger partial charge in [0, 0.05) is 0 Å². The summed E-state index contributed by atoms with van der Waals surface area (Å²) < 4.78 is 0. The van der Waals surface area contributed by atoms with Gasteiger partial charge in [-0.15, -0.1) is 0 Å². The molecule has 0 amide bonds. The van der Waals surface area contributed by atoms with Crippen molar-refractivity contribution in [2.45, 2.75) is 70.6 Å². The van der Waals surface area contributed by atoms with Crippen LogP contribution in [0.25, 0.3) is 0 Å². The highest BCUT2D eigenvalue weighted by molar-refractivity contribution is 4.85. The molecule has 3 aliphatic rings. The summed E-state index contributed by atoms with van der Waals surface area (Å²) in [5.41, 5.74) is 0. The molecule has 86 valence electrons. The number of rotatable bonds is 5. The molecular weight excluding hydrogens is 180 g/mol. The van der Waals surface area contributed by atoms with E-state index in [1.54, 1.807) is 51.4 Å². The molecule has 0 unspecified atom stereocenters. The van der Waals surface area contributed by atoms with E-state index < -0.39 is 0 Å². The lowest BCUT2D eigenvalue weighted by Gasteiger charge is -2.41. The molecule has 0 saturated heterocycles. The van der Waals surface area contributed by atoms with Crippen LogP contribution in [-0.4, -0.2) is 0 Å². The molecule has 3 saturated carbocycles. The third kappa shape index (κ3) is 2.24. The van der Waals surface area contributed by atoms with Gasteiger partial charge in [-0.1, -0.05) is 57.8 Å². The van der Waals surface area contributed by atoms with E-state index in [-0.39, 0.29) is 0 Å². The van der Waals surface area contributed by atoms with E-state index in [0.29, 0.717) is 0 Å². The first-order valence-corrected chi connectivity index (χ1v) is 7.42. The lowest BCUT2D eigenvalue weighted by Crippen LogP contribution is -2.29. The first-order valence-electron chi connectivity index (χ1n) is 7.42. The molecule has 3 aliphatic carbocycles. The van der Waals surface area contributed by atoms with Crippen LogP contribution in [0.5, 0.6) is 0 Å². The Morgan fingerprint density at radius 3 is 1.40 bits per heavy atom. The largest absolute Gasteiger partial charge is 0.0528 e. The minimum atomic E-state index is 1.15. The second-order valence-electron chi connectivity index (χ2n) is 6.52. The summed E-state index contributed by atoms with van der Waals surface area (Å²) in [6.07, 6.45) is 17.2. The molecular formula is C15H26. The zero-order valence-corrected chi connectivity index (χ0v) is 10.1. The zero-order chi connectivity index (χ0) is 10.1. The molecule has 0 N–H and O–H groups in total. The smallest absolute Gasteiger partial charge is 0.0381 e. The van der Waals surface area contributed by atoms with E-state index in [0.717, 1.165) is 23.7 Å². The van der Waals surface area contributed by atoms with Gasteiger partial charge in [0.1, 0.15) is 0 Å². The van der Waals surface area contributed by atoms with Gasteiger partial charge in [0.25, 0.3) is 0 Å². The van der Waals surface area contributed by atoms with E-state index in [1.165, 1.54) is 19.3 Å². The molecule has 0 aromatic carbocycles. The minimum absolute atomic E-state index is 1.15. The molecule has 3 fully saturated rings. The Hall–Kier alpha value is 0. The Kier molecular flexibility index (Phi) is 3.03. The Balaban J connectivity index is 1.49. The number of hydrogen-bond acceptors (Lipinski definition) is 0. The standard InChI is InChI=1S/C15H26/c1-4-12(5-1)10-15(14-8-3-9-14)11-13-6-2-7-13/h12-15H,1-11H2. The number of hydrogen-bond donors (Lipinski definition) is 0. The molecule has 0 atom stereocenters. The quantitative estimate of drug-likeness (QED) is 0.607. The fourth-order valence-electron chi connectivity index (χ4n) is 3.71. The Labute approximate surface area is 94.8 Å². The van der Waals surface area contributed by atoms with E-state index in [4.69, 9.17) is 0 Å². The maximum atomic E-state index is 1.61. The van der Waals surface area contributed by atoms with Crippen LogP contribution in [0, 0.1) is 23.7 Å². The average Bonchev–Trinajstić information content (AvgIpc) is 1.99. The van der Waals surface area contributed by atoms with Gasteiger partial charge in [0.2, 0.25) is 0 Å². The maximum absolute atomic E-state index is 1.61. The third-order valence-corrected chi connectivity index (χ3v) is 5.54. The molecule has 0 radical (unpaired) electrons. The van der Waals surface area contributed by atoms with Crippen LogP contribution < -0.4 is 0 Å². The average molecular weight is 206 g/mol. The minimum Gasteiger partial charge on any atom is -0.0528 e. The molecule has 0 aromatic heterocycles. The van der Waals surface area contributed by atoms with Gasteiger partial charge < -0.3 is 0 Å². The molecule has 3 rings (SSSR count). The highest BCUT2D eigenvalue weighted by Gasteiger charge is 2.33. The third-order valence-electron chi connectivity index (χ3n) is 5.54. The Bertz CT molecular complexity index is 180. The van der Waals surface area contributed by atoms with Gasteiger partial charge >= 0.3 is 0 Å². The van der Waals surface area contributed by atoms with Gasteiger partial charge in [0.05, 0.1) is 0 Å². The second kappa shape index (κ2) is 4.47. The topological polar surface area (TPSA) is 0 Å². The first kappa shape index (κ1) is 10.2. The monoisotopic (exact) mass is 206 g/mol. The molecule has 0 heteroatoms. The van der Waals surface area contributed by atoms with Crippen LogP contribution in [0.1, 0.15) is 70.6 Å². The van der Waals surface area contributed by atoms with Crippen LogP contribution in [0.15, 0.2) is 0 Å². The molecule has 15 heavy (non-hydrogen) atoms. The van der Waals surface area contributed by atoms with Crippen molar-refractivity contribution in [3.8, 4) is 0 Å². The first-order chi connectivity index (χ1) is 7.42. The van der Waals surface area contributed by atoms with Crippen molar-refractivity contribution in [1.29, 1.82) is 0 Å². The van der Waals surface area contributed by atoms with Crippen molar-refractivity contribution in [1.82, 2.24) is 0 Å². The lowest BCUT2D eigenvalue weighted by molar-refractivity contribution is 0.105. The van der Waals surface area contributed by atoms with Crippen LogP contribution in [0.2, 0.25) is 0 Å². The van der Waals surface area contributed by atoms with Crippen molar-refractivity contribution in [3.63, 3.8) is 0 Å². The summed E-state index contributed by atoms with van der Waals surface area (Å²) >= 11 is 0. The Morgan fingerprint density at radius 1 is 0.667 bits per heavy atom. The van der Waals surface area contributed by atoms with E-state index in [1.807, 2.05) is 0 Å². The normalized spacial score (nSPS) is 28.6. The lowest BCUT2D eigenvalue weighted by atomic mass is 9.65. The van der Waals surface area contributed by atoms with Gasteiger partial charge in [0.15, 0.2) is 0 Å². The van der Waals surface area contributed by atoms with Crippen molar-refractivity contribution in [2.75, 3.05) is 0 Å². The van der Waals surface area contributed by atoms with Gasteiger partial charge in [-0.25, -0.2) is 0 Å². The SMILES string of the molecule is C1CC(CC(CC2CCC2)C2CCC2)C1. The van der Waals surface area contributed by atoms with Crippen molar-refractivity contribution < 1.29 is 0 Å². The highest BCUT2D eigenvalue weighted by Crippen LogP contribution is 2.45. The van der Waals surface area contributed by atoms with Gasteiger partial charge in [-0.3, -0.25) is 0 Å². The van der Waals surface area contributed by atoms with Crippen LogP contribution >= 0.6 is 0 Å². The van der Waals surface area contributed by atoms with Crippen LogP contribution in [-0.2, 0) is 0 Å². The van der Waals surface area contributed by atoms with Crippen molar-refractivity contribution >= 4 is 0 Å². The highest BCUT2D eigenvalue weighted by atomic mass is 14.4. The van der Waals surface area contributed by atoms with Crippen LogP contribution in [0.3, 0.4) is 0 Å². The summed E-state index contributed by atoms with van der Waals surface area (Å²) in [5.74, 6) is 4.60. The zero-order valence-electron chi connectivity index (χ0n) is 10.1. The predicted octanol–water partition coefficient (Wildman–Crippen LogP) is 4.78. The molecule has 0 aromatic rings. The van der Waals surface area contributed by atoms with E-state index >= 15 is 0 Å². The summed E-state index contributed by atoms with van der Waals surface area (Å²) in [5, 5.41) is 0. The maximum Gasteiger partial charge on any atom is -0.0381 e. The fourth-order valence-corrected chi connectivity index (χ4v) is 3.71. The fraction of sp³-hybridized carbons (Fsp3) is 1.00. The molecule has 0 nitrogen and oxygen atoms in total. The predicted molar refractivity (Wildman–Crippen MR) is 64.7 cm³/mol. The molecule has 0 aliphatic heterocycles. The van der Waals surface area contributed by atoms with Crippen molar-refractivity contribution in [2.24, 2.45) is 23.7 Å². The molecule has 0 spiro atoms. The van der Waals surface area contributed by atoms with Crippen molar-refractivity contribution in [3.05, 3.63) is 0 Å². The van der Waals surface area contributed by atoms with E-state index in [9.17, 15) is 0 Å². The molecule has 0 heterocycles. The van der Waals surface area contributed by atoms with E-state index in [2.05, 4.69) is 0 Å². The summed E-state index contributed by atoms with van der Waals surface area (Å²) in [6, 6.07) is 0. The van der Waals surface area contributed by atoms with Crippen LogP contribution in [0.4, 0.5) is 0 Å². The molecule has 0 bridgehead atoms. The second-order valence-corrected chi connectivity index (χ2v) is 6.52. The Morgan fingerprint density at radius 2 is 1.13 bits per heavy atom. The summed E-state index contributed by atoms with van der Waals surface area (Å²) in [4.78, 5) is 0. The van der Waals surface area contributed by atoms with Gasteiger partial charge in [-0.2, -0.15) is 0 Å².